The number of benzene rings is 1. The molecule has 1 aromatic carbocycles. The van der Waals surface area contributed by atoms with Gasteiger partial charge in [-0.15, -0.1) is 16.4 Å². The highest BCUT2D eigenvalue weighted by atomic mass is 32.1. The lowest BCUT2D eigenvalue weighted by Gasteiger charge is -2.05. The van der Waals surface area contributed by atoms with Crippen LogP contribution in [0.5, 0.6) is 0 Å². The molecule has 0 aliphatic heterocycles. The largest absolute Gasteiger partial charge is 0.459 e. The first-order valence-electron chi connectivity index (χ1n) is 8.27. The molecule has 4 rings (SSSR count). The van der Waals surface area contributed by atoms with Crippen molar-refractivity contribution in [3.63, 3.8) is 0 Å². The van der Waals surface area contributed by atoms with Gasteiger partial charge in [-0.05, 0) is 23.6 Å². The molecule has 132 valence electrons. The van der Waals surface area contributed by atoms with Crippen molar-refractivity contribution in [1.82, 2.24) is 14.8 Å². The molecule has 0 saturated heterocycles. The first-order valence-corrected chi connectivity index (χ1v) is 9.08. The first-order chi connectivity index (χ1) is 12.6. The predicted octanol–water partition coefficient (Wildman–Crippen LogP) is 4.39. The van der Waals surface area contributed by atoms with Gasteiger partial charge < -0.3 is 8.83 Å². The highest BCUT2D eigenvalue weighted by Gasteiger charge is 2.14. The number of aromatic nitrogens is 3. The molecule has 0 atom stereocenters. The van der Waals surface area contributed by atoms with E-state index in [4.69, 9.17) is 8.83 Å². The predicted molar refractivity (Wildman–Crippen MR) is 99.2 cm³/mol. The van der Waals surface area contributed by atoms with Gasteiger partial charge in [0.1, 0.15) is 5.01 Å². The third kappa shape index (κ3) is 3.25. The van der Waals surface area contributed by atoms with Crippen LogP contribution in [0.3, 0.4) is 0 Å². The standard InChI is InChI=1S/C19H17N3O3S/c1-12(2)13-5-7-14(8-6-13)18-20-10-15(26-18)11-22-19(23)25-17(21-22)16-4-3-9-24-16/h3-10,12H,11H2,1-2H3. The Kier molecular flexibility index (Phi) is 4.30. The average molecular weight is 367 g/mol. The first kappa shape index (κ1) is 16.5. The normalized spacial score (nSPS) is 11.3. The van der Waals surface area contributed by atoms with Crippen molar-refractivity contribution < 1.29 is 8.83 Å². The highest BCUT2D eigenvalue weighted by Crippen LogP contribution is 2.27. The number of furan rings is 1. The van der Waals surface area contributed by atoms with E-state index in [1.54, 1.807) is 18.3 Å². The Morgan fingerprint density at radius 2 is 2.00 bits per heavy atom. The Hall–Kier alpha value is -2.93. The molecule has 0 spiro atoms. The maximum Gasteiger partial charge on any atom is 0.437 e. The van der Waals surface area contributed by atoms with Gasteiger partial charge in [-0.3, -0.25) is 0 Å². The molecule has 0 aliphatic carbocycles. The van der Waals surface area contributed by atoms with Gasteiger partial charge in [0, 0.05) is 16.6 Å². The van der Waals surface area contributed by atoms with Gasteiger partial charge >= 0.3 is 5.76 Å². The maximum atomic E-state index is 12.0. The van der Waals surface area contributed by atoms with E-state index in [1.807, 2.05) is 0 Å². The summed E-state index contributed by atoms with van der Waals surface area (Å²) >= 11 is 1.53. The topological polar surface area (TPSA) is 74.1 Å². The van der Waals surface area contributed by atoms with Gasteiger partial charge in [0.2, 0.25) is 0 Å². The molecular formula is C19H17N3O3S. The minimum atomic E-state index is -0.521. The fraction of sp³-hybridized carbons (Fsp3) is 0.211. The SMILES string of the molecule is CC(C)c1ccc(-c2ncc(Cn3nc(-c4ccco4)oc3=O)s2)cc1. The molecule has 0 bridgehead atoms. The van der Waals surface area contributed by atoms with Crippen LogP contribution >= 0.6 is 11.3 Å². The van der Waals surface area contributed by atoms with E-state index in [2.05, 4.69) is 48.2 Å². The van der Waals surface area contributed by atoms with E-state index in [1.165, 1.54) is 27.8 Å². The minimum absolute atomic E-state index is 0.175. The molecule has 4 aromatic rings. The monoisotopic (exact) mass is 367 g/mol. The van der Waals surface area contributed by atoms with Crippen LogP contribution in [0.2, 0.25) is 0 Å². The molecule has 0 fully saturated rings. The summed E-state index contributed by atoms with van der Waals surface area (Å²) in [6.07, 6.45) is 3.28. The van der Waals surface area contributed by atoms with Gasteiger partial charge in [-0.2, -0.15) is 4.68 Å². The van der Waals surface area contributed by atoms with Crippen molar-refractivity contribution in [3.8, 4) is 22.2 Å². The van der Waals surface area contributed by atoms with Crippen molar-refractivity contribution in [2.75, 3.05) is 0 Å². The molecule has 0 unspecified atom stereocenters. The van der Waals surface area contributed by atoms with Crippen LogP contribution in [0.4, 0.5) is 0 Å². The van der Waals surface area contributed by atoms with Crippen molar-refractivity contribution in [1.29, 1.82) is 0 Å². The van der Waals surface area contributed by atoms with Crippen LogP contribution in [-0.4, -0.2) is 14.8 Å². The zero-order chi connectivity index (χ0) is 18.1. The smallest absolute Gasteiger partial charge is 0.437 e. The number of nitrogens with zero attached hydrogens (tertiary/aromatic N) is 3. The summed E-state index contributed by atoms with van der Waals surface area (Å²) in [5.41, 5.74) is 2.36. The third-order valence-corrected chi connectivity index (χ3v) is 5.05. The average Bonchev–Trinajstić information content (AvgIpc) is 3.37. The molecule has 26 heavy (non-hydrogen) atoms. The van der Waals surface area contributed by atoms with E-state index in [0.29, 0.717) is 18.2 Å². The van der Waals surface area contributed by atoms with Crippen LogP contribution in [0.25, 0.3) is 22.2 Å². The summed E-state index contributed by atoms with van der Waals surface area (Å²) in [4.78, 5) is 17.4. The van der Waals surface area contributed by atoms with E-state index >= 15 is 0 Å². The summed E-state index contributed by atoms with van der Waals surface area (Å²) in [5, 5.41) is 5.10. The second-order valence-electron chi connectivity index (χ2n) is 6.22. The van der Waals surface area contributed by atoms with Gasteiger partial charge in [0.05, 0.1) is 12.8 Å². The second kappa shape index (κ2) is 6.76. The molecule has 3 aromatic heterocycles. The zero-order valence-corrected chi connectivity index (χ0v) is 15.2. The lowest BCUT2D eigenvalue weighted by Crippen LogP contribution is -2.15. The Morgan fingerprint density at radius 3 is 2.69 bits per heavy atom. The van der Waals surface area contributed by atoms with Crippen LogP contribution in [0, 0.1) is 0 Å². The summed E-state index contributed by atoms with van der Waals surface area (Å²) in [6.45, 7) is 4.65. The fourth-order valence-corrected chi connectivity index (χ4v) is 3.48. The Labute approximate surface area is 153 Å². The van der Waals surface area contributed by atoms with Crippen molar-refractivity contribution >= 4 is 11.3 Å². The summed E-state index contributed by atoms with van der Waals surface area (Å²) in [6, 6.07) is 11.8. The summed E-state index contributed by atoms with van der Waals surface area (Å²) < 4.78 is 11.6. The molecule has 0 saturated carbocycles. The molecule has 0 radical (unpaired) electrons. The number of rotatable bonds is 5. The molecule has 3 heterocycles. The maximum absolute atomic E-state index is 12.0. The van der Waals surface area contributed by atoms with Crippen molar-refractivity contribution in [2.45, 2.75) is 26.3 Å². The van der Waals surface area contributed by atoms with Gasteiger partial charge in [0.25, 0.3) is 5.89 Å². The van der Waals surface area contributed by atoms with Gasteiger partial charge in [-0.25, -0.2) is 9.78 Å². The van der Waals surface area contributed by atoms with E-state index < -0.39 is 5.76 Å². The van der Waals surface area contributed by atoms with Crippen molar-refractivity contribution in [2.24, 2.45) is 0 Å². The lowest BCUT2D eigenvalue weighted by molar-refractivity contribution is 0.477. The molecule has 7 heteroatoms. The Morgan fingerprint density at radius 1 is 1.19 bits per heavy atom. The number of hydrogen-bond acceptors (Lipinski definition) is 6. The van der Waals surface area contributed by atoms with E-state index in [9.17, 15) is 4.79 Å². The minimum Gasteiger partial charge on any atom is -0.459 e. The van der Waals surface area contributed by atoms with Crippen molar-refractivity contribution in [3.05, 3.63) is 69.8 Å². The molecule has 0 N–H and O–H groups in total. The Bertz CT molecular complexity index is 1060. The quantitative estimate of drug-likeness (QED) is 0.523. The van der Waals surface area contributed by atoms with Crippen LogP contribution in [0.1, 0.15) is 30.2 Å². The lowest BCUT2D eigenvalue weighted by atomic mass is 10.0. The van der Waals surface area contributed by atoms with Crippen LogP contribution < -0.4 is 5.76 Å². The van der Waals surface area contributed by atoms with Crippen LogP contribution in [-0.2, 0) is 6.54 Å². The second-order valence-corrected chi connectivity index (χ2v) is 7.33. The van der Waals surface area contributed by atoms with E-state index in [0.717, 1.165) is 15.4 Å². The van der Waals surface area contributed by atoms with Crippen LogP contribution in [0.15, 0.2) is 62.5 Å². The molecule has 6 nitrogen and oxygen atoms in total. The fourth-order valence-electron chi connectivity index (χ4n) is 2.58. The van der Waals surface area contributed by atoms with E-state index in [-0.39, 0.29) is 5.89 Å². The molecule has 0 amide bonds. The zero-order valence-electron chi connectivity index (χ0n) is 14.4. The van der Waals surface area contributed by atoms with Gasteiger partial charge in [0.15, 0.2) is 5.76 Å². The summed E-state index contributed by atoms with van der Waals surface area (Å²) in [5.74, 6) is 0.580. The molecule has 0 aliphatic rings. The number of thiazole rings is 1. The van der Waals surface area contributed by atoms with Gasteiger partial charge in [-0.1, -0.05) is 38.1 Å². The Balaban J connectivity index is 1.55. The highest BCUT2D eigenvalue weighted by molar-refractivity contribution is 7.15. The summed E-state index contributed by atoms with van der Waals surface area (Å²) in [7, 11) is 0. The number of hydrogen-bond donors (Lipinski definition) is 0. The molecular weight excluding hydrogens is 350 g/mol. The third-order valence-electron chi connectivity index (χ3n) is 4.02.